The number of rotatable bonds is 5. The molecule has 0 amide bonds. The molecular formula is C18H19ClN2O2S. The number of halogens is 1. The van der Waals surface area contributed by atoms with E-state index in [2.05, 4.69) is 16.9 Å². The van der Waals surface area contributed by atoms with E-state index in [0.29, 0.717) is 21.3 Å². The highest BCUT2D eigenvalue weighted by atomic mass is 35.5. The highest BCUT2D eigenvalue weighted by Gasteiger charge is 2.25. The average molecular weight is 363 g/mol. The number of piperidine rings is 1. The third-order valence-corrected chi connectivity index (χ3v) is 5.74. The van der Waals surface area contributed by atoms with Gasteiger partial charge in [0.2, 0.25) is 0 Å². The van der Waals surface area contributed by atoms with Crippen LogP contribution in [0, 0.1) is 5.92 Å². The molecule has 3 heterocycles. The van der Waals surface area contributed by atoms with Crippen LogP contribution in [0.25, 0.3) is 0 Å². The second kappa shape index (κ2) is 7.55. The quantitative estimate of drug-likeness (QED) is 0.760. The minimum Gasteiger partial charge on any atom is -0.306 e. The van der Waals surface area contributed by atoms with Gasteiger partial charge in [0.25, 0.3) is 0 Å². The first kappa shape index (κ1) is 17.3. The zero-order valence-corrected chi connectivity index (χ0v) is 15.1. The van der Waals surface area contributed by atoms with Crippen LogP contribution in [0.2, 0.25) is 5.02 Å². The fourth-order valence-corrected chi connectivity index (χ4v) is 4.03. The molecule has 0 aromatic carbocycles. The minimum atomic E-state index is -0.0635. The molecule has 126 valence electrons. The summed E-state index contributed by atoms with van der Waals surface area (Å²) in [5.41, 5.74) is 1.08. The van der Waals surface area contributed by atoms with Crippen LogP contribution in [0.15, 0.2) is 29.6 Å². The van der Waals surface area contributed by atoms with Crippen molar-refractivity contribution in [3.05, 3.63) is 50.9 Å². The van der Waals surface area contributed by atoms with Gasteiger partial charge < -0.3 is 4.90 Å². The smallest absolute Gasteiger partial charge is 0.184 e. The maximum Gasteiger partial charge on any atom is 0.184 e. The number of ketones is 2. The van der Waals surface area contributed by atoms with Crippen molar-refractivity contribution in [3.63, 3.8) is 0 Å². The molecule has 0 aliphatic carbocycles. The Kier molecular flexibility index (Phi) is 5.43. The van der Waals surface area contributed by atoms with E-state index in [1.807, 2.05) is 0 Å². The van der Waals surface area contributed by atoms with Crippen LogP contribution in [0.5, 0.6) is 0 Å². The number of thiophene rings is 1. The van der Waals surface area contributed by atoms with Gasteiger partial charge in [-0.1, -0.05) is 17.7 Å². The fraction of sp³-hybridized carbons (Fsp3) is 0.389. The molecule has 0 N–H and O–H groups in total. The minimum absolute atomic E-state index is 0.0337. The van der Waals surface area contributed by atoms with Gasteiger partial charge in [-0.15, -0.1) is 11.3 Å². The highest BCUT2D eigenvalue weighted by molar-refractivity contribution is 7.12. The normalized spacial score (nSPS) is 16.2. The monoisotopic (exact) mass is 362 g/mol. The molecule has 24 heavy (non-hydrogen) atoms. The van der Waals surface area contributed by atoms with E-state index in [4.69, 9.17) is 11.6 Å². The number of pyridine rings is 1. The Morgan fingerprint density at radius 2 is 2.04 bits per heavy atom. The average Bonchev–Trinajstić information content (AvgIpc) is 3.01. The second-order valence-electron chi connectivity index (χ2n) is 6.15. The van der Waals surface area contributed by atoms with Crippen LogP contribution in [0.3, 0.4) is 0 Å². The summed E-state index contributed by atoms with van der Waals surface area (Å²) in [5, 5.41) is 2.27. The van der Waals surface area contributed by atoms with Gasteiger partial charge in [-0.25, -0.2) is 4.98 Å². The number of carbonyl (C=O) groups excluding carboxylic acids is 2. The molecule has 1 aliphatic heterocycles. The number of hydrogen-bond donors (Lipinski definition) is 0. The molecule has 1 aliphatic rings. The number of hydrogen-bond acceptors (Lipinski definition) is 5. The van der Waals surface area contributed by atoms with E-state index < -0.39 is 0 Å². The van der Waals surface area contributed by atoms with Crippen molar-refractivity contribution in [2.24, 2.45) is 5.92 Å². The molecule has 0 atom stereocenters. The lowest BCUT2D eigenvalue weighted by Gasteiger charge is -2.27. The summed E-state index contributed by atoms with van der Waals surface area (Å²) in [7, 11) is 2.07. The van der Waals surface area contributed by atoms with Crippen molar-refractivity contribution in [1.29, 1.82) is 0 Å². The zero-order valence-electron chi connectivity index (χ0n) is 13.5. The first-order chi connectivity index (χ1) is 11.5. The predicted molar refractivity (Wildman–Crippen MR) is 96.2 cm³/mol. The van der Waals surface area contributed by atoms with E-state index in [9.17, 15) is 9.59 Å². The van der Waals surface area contributed by atoms with E-state index in [1.165, 1.54) is 11.3 Å². The SMILES string of the molecule is CN1CCC(C(=O)c2cccc(CC(=O)c3sccc3Cl)n2)CC1. The maximum atomic E-state index is 12.6. The molecule has 0 unspecified atom stereocenters. The van der Waals surface area contributed by atoms with Gasteiger partial charge in [-0.05, 0) is 56.6 Å². The van der Waals surface area contributed by atoms with Crippen LogP contribution in [0.4, 0.5) is 0 Å². The third kappa shape index (κ3) is 3.91. The Balaban J connectivity index is 1.71. The van der Waals surface area contributed by atoms with E-state index in [1.54, 1.807) is 29.6 Å². The molecule has 2 aromatic heterocycles. The van der Waals surface area contributed by atoms with Crippen LogP contribution in [-0.2, 0) is 6.42 Å². The summed E-state index contributed by atoms with van der Waals surface area (Å²) >= 11 is 7.34. The largest absolute Gasteiger partial charge is 0.306 e. The van der Waals surface area contributed by atoms with Crippen LogP contribution in [0.1, 0.15) is 38.7 Å². The van der Waals surface area contributed by atoms with Crippen molar-refractivity contribution in [2.75, 3.05) is 20.1 Å². The lowest BCUT2D eigenvalue weighted by Crippen LogP contribution is -2.33. The van der Waals surface area contributed by atoms with E-state index in [-0.39, 0.29) is 23.9 Å². The number of nitrogens with zero attached hydrogens (tertiary/aromatic N) is 2. The fourth-order valence-electron chi connectivity index (χ4n) is 2.93. The van der Waals surface area contributed by atoms with Gasteiger partial charge in [0, 0.05) is 11.6 Å². The van der Waals surface area contributed by atoms with Crippen LogP contribution < -0.4 is 0 Å². The maximum absolute atomic E-state index is 12.6. The van der Waals surface area contributed by atoms with Crippen LogP contribution >= 0.6 is 22.9 Å². The van der Waals surface area contributed by atoms with Crippen molar-refractivity contribution in [3.8, 4) is 0 Å². The van der Waals surface area contributed by atoms with Crippen molar-refractivity contribution >= 4 is 34.5 Å². The highest BCUT2D eigenvalue weighted by Crippen LogP contribution is 2.24. The Bertz CT molecular complexity index is 751. The zero-order chi connectivity index (χ0) is 17.1. The molecule has 0 bridgehead atoms. The Labute approximate surface area is 150 Å². The summed E-state index contributed by atoms with van der Waals surface area (Å²) < 4.78 is 0. The predicted octanol–water partition coefficient (Wildman–Crippen LogP) is 3.75. The van der Waals surface area contributed by atoms with Crippen molar-refractivity contribution < 1.29 is 9.59 Å². The summed E-state index contributed by atoms with van der Waals surface area (Å²) in [6.45, 7) is 1.87. The Hall–Kier alpha value is -1.56. The molecule has 1 fully saturated rings. The molecule has 1 saturated heterocycles. The molecule has 0 spiro atoms. The van der Waals surface area contributed by atoms with Crippen molar-refractivity contribution in [2.45, 2.75) is 19.3 Å². The van der Waals surface area contributed by atoms with Crippen LogP contribution in [-0.4, -0.2) is 41.6 Å². The lowest BCUT2D eigenvalue weighted by molar-refractivity contribution is 0.0850. The van der Waals surface area contributed by atoms with E-state index >= 15 is 0 Å². The standard InChI is InChI=1S/C18H19ClN2O2S/c1-21-8-5-12(6-9-21)17(23)15-4-2-3-13(20-15)11-16(22)18-14(19)7-10-24-18/h2-4,7,10,12H,5-6,8-9,11H2,1H3. The van der Waals surface area contributed by atoms with Gasteiger partial charge >= 0.3 is 0 Å². The van der Waals surface area contributed by atoms with Gasteiger partial charge in [-0.2, -0.15) is 0 Å². The molecule has 0 saturated carbocycles. The topological polar surface area (TPSA) is 50.3 Å². The first-order valence-corrected chi connectivity index (χ1v) is 9.25. The van der Waals surface area contributed by atoms with Gasteiger partial charge in [0.15, 0.2) is 11.6 Å². The summed E-state index contributed by atoms with van der Waals surface area (Å²) in [5.74, 6) is 0.0596. The summed E-state index contributed by atoms with van der Waals surface area (Å²) in [6.07, 6.45) is 1.89. The summed E-state index contributed by atoms with van der Waals surface area (Å²) in [6, 6.07) is 7.04. The van der Waals surface area contributed by atoms with Gasteiger partial charge in [-0.3, -0.25) is 9.59 Å². The molecule has 4 nitrogen and oxygen atoms in total. The number of likely N-dealkylation sites (tertiary alicyclic amines) is 1. The molecular weight excluding hydrogens is 344 g/mol. The number of aromatic nitrogens is 1. The summed E-state index contributed by atoms with van der Waals surface area (Å²) in [4.78, 5) is 32.2. The molecule has 0 radical (unpaired) electrons. The van der Waals surface area contributed by atoms with E-state index in [0.717, 1.165) is 25.9 Å². The van der Waals surface area contributed by atoms with Gasteiger partial charge in [0.05, 0.1) is 16.3 Å². The lowest BCUT2D eigenvalue weighted by atomic mass is 9.91. The molecule has 2 aromatic rings. The Morgan fingerprint density at radius 1 is 1.29 bits per heavy atom. The van der Waals surface area contributed by atoms with Crippen molar-refractivity contribution in [1.82, 2.24) is 9.88 Å². The third-order valence-electron chi connectivity index (χ3n) is 4.36. The van der Waals surface area contributed by atoms with Gasteiger partial charge in [0.1, 0.15) is 5.69 Å². The number of carbonyl (C=O) groups is 2. The molecule has 6 heteroatoms. The number of Topliss-reactive ketones (excluding diaryl/α,β-unsaturated/α-hetero) is 2. The molecule has 3 rings (SSSR count). The second-order valence-corrected chi connectivity index (χ2v) is 7.48. The first-order valence-electron chi connectivity index (χ1n) is 7.99. The Morgan fingerprint density at radius 3 is 2.71 bits per heavy atom.